The van der Waals surface area contributed by atoms with E-state index in [1.807, 2.05) is 20.8 Å². The Hall–Kier alpha value is -0.280. The van der Waals surface area contributed by atoms with Crippen molar-refractivity contribution in [3.8, 4) is 0 Å². The van der Waals surface area contributed by atoms with Crippen molar-refractivity contribution in [3.05, 3.63) is 0 Å². The SMILES string of the molecule is CCC1O[C@@H](OC[C@@H]2C(CC)OC(C)C(O)[C@H]2O)C(O)[C@@H](O)[C@@H]1C. The van der Waals surface area contributed by atoms with Gasteiger partial charge in [0.05, 0.1) is 37.1 Å². The van der Waals surface area contributed by atoms with Gasteiger partial charge in [0.25, 0.3) is 0 Å². The molecule has 0 aromatic heterocycles. The quantitative estimate of drug-likeness (QED) is 0.555. The fourth-order valence-electron chi connectivity index (χ4n) is 3.69. The van der Waals surface area contributed by atoms with E-state index in [1.165, 1.54) is 0 Å². The van der Waals surface area contributed by atoms with Crippen molar-refractivity contribution in [2.24, 2.45) is 11.8 Å². The Balaban J connectivity index is 2.00. The highest BCUT2D eigenvalue weighted by atomic mass is 16.7. The Morgan fingerprint density at radius 2 is 1.42 bits per heavy atom. The Kier molecular flexibility index (Phi) is 7.01. The molecular formula is C17H32O7. The lowest BCUT2D eigenvalue weighted by atomic mass is 9.86. The molecule has 10 atom stereocenters. The van der Waals surface area contributed by atoms with E-state index in [0.717, 1.165) is 0 Å². The molecular weight excluding hydrogens is 316 g/mol. The minimum Gasteiger partial charge on any atom is -0.390 e. The molecule has 0 aromatic carbocycles. The molecule has 0 radical (unpaired) electrons. The summed E-state index contributed by atoms with van der Waals surface area (Å²) in [5.74, 6) is -0.604. The number of rotatable bonds is 5. The third-order valence-corrected chi connectivity index (χ3v) is 5.46. The summed E-state index contributed by atoms with van der Waals surface area (Å²) < 4.78 is 17.2. The Bertz CT molecular complexity index is 389. The normalized spacial score (nSPS) is 50.0. The third kappa shape index (κ3) is 3.93. The maximum absolute atomic E-state index is 10.3. The fraction of sp³-hybridized carbons (Fsp3) is 1.00. The zero-order valence-corrected chi connectivity index (χ0v) is 14.9. The maximum atomic E-state index is 10.3. The summed E-state index contributed by atoms with van der Waals surface area (Å²) in [4.78, 5) is 0. The summed E-state index contributed by atoms with van der Waals surface area (Å²) in [6.07, 6.45) is -4.48. The molecule has 0 aromatic rings. The van der Waals surface area contributed by atoms with Gasteiger partial charge < -0.3 is 34.6 Å². The highest BCUT2D eigenvalue weighted by Crippen LogP contribution is 2.31. The molecule has 0 saturated carbocycles. The van der Waals surface area contributed by atoms with E-state index in [1.54, 1.807) is 6.92 Å². The predicted octanol–water partition coefficient (Wildman–Crippen LogP) is 0.0311. The topological polar surface area (TPSA) is 109 Å². The van der Waals surface area contributed by atoms with Crippen LogP contribution in [0.3, 0.4) is 0 Å². The molecule has 2 rings (SSSR count). The first-order valence-corrected chi connectivity index (χ1v) is 8.96. The van der Waals surface area contributed by atoms with Gasteiger partial charge in [-0.25, -0.2) is 0 Å². The maximum Gasteiger partial charge on any atom is 0.186 e. The van der Waals surface area contributed by atoms with Gasteiger partial charge in [0.1, 0.15) is 12.2 Å². The largest absolute Gasteiger partial charge is 0.390 e. The first-order chi connectivity index (χ1) is 11.3. The Morgan fingerprint density at radius 1 is 0.792 bits per heavy atom. The number of hydrogen-bond acceptors (Lipinski definition) is 7. The molecule has 2 heterocycles. The van der Waals surface area contributed by atoms with E-state index in [0.29, 0.717) is 12.8 Å². The van der Waals surface area contributed by atoms with Crippen molar-refractivity contribution in [2.45, 2.75) is 89.6 Å². The summed E-state index contributed by atoms with van der Waals surface area (Å²) in [7, 11) is 0. The molecule has 0 spiro atoms. The van der Waals surface area contributed by atoms with Crippen LogP contribution in [0.2, 0.25) is 0 Å². The minimum atomic E-state index is -1.15. The van der Waals surface area contributed by atoms with E-state index in [4.69, 9.17) is 14.2 Å². The third-order valence-electron chi connectivity index (χ3n) is 5.46. The van der Waals surface area contributed by atoms with Gasteiger partial charge in [-0.05, 0) is 19.8 Å². The van der Waals surface area contributed by atoms with Crippen LogP contribution >= 0.6 is 0 Å². The smallest absolute Gasteiger partial charge is 0.186 e. The molecule has 4 N–H and O–H groups in total. The van der Waals surface area contributed by atoms with E-state index in [-0.39, 0.29) is 24.7 Å². The predicted molar refractivity (Wildman–Crippen MR) is 86.2 cm³/mol. The van der Waals surface area contributed by atoms with E-state index in [9.17, 15) is 20.4 Å². The monoisotopic (exact) mass is 348 g/mol. The van der Waals surface area contributed by atoms with Crippen molar-refractivity contribution in [1.82, 2.24) is 0 Å². The van der Waals surface area contributed by atoms with Crippen molar-refractivity contribution in [2.75, 3.05) is 6.61 Å². The van der Waals surface area contributed by atoms with Gasteiger partial charge in [-0.3, -0.25) is 0 Å². The van der Waals surface area contributed by atoms with Gasteiger partial charge in [-0.1, -0.05) is 20.8 Å². The van der Waals surface area contributed by atoms with Crippen LogP contribution in [0.15, 0.2) is 0 Å². The highest BCUT2D eigenvalue weighted by Gasteiger charge is 2.45. The minimum absolute atomic E-state index is 0.0721. The van der Waals surface area contributed by atoms with Gasteiger partial charge in [-0.2, -0.15) is 0 Å². The summed E-state index contributed by atoms with van der Waals surface area (Å²) in [6.45, 7) is 7.53. The number of hydrogen-bond donors (Lipinski definition) is 4. The Labute approximate surface area is 143 Å². The van der Waals surface area contributed by atoms with Crippen molar-refractivity contribution in [3.63, 3.8) is 0 Å². The molecule has 0 aliphatic carbocycles. The fourth-order valence-corrected chi connectivity index (χ4v) is 3.69. The molecule has 0 amide bonds. The summed E-state index contributed by atoms with van der Waals surface area (Å²) in [5, 5.41) is 40.7. The average molecular weight is 348 g/mol. The van der Waals surface area contributed by atoms with Gasteiger partial charge in [-0.15, -0.1) is 0 Å². The lowest BCUT2D eigenvalue weighted by Crippen LogP contribution is -2.57. The summed E-state index contributed by atoms with van der Waals surface area (Å²) in [5.41, 5.74) is 0. The zero-order chi connectivity index (χ0) is 18.0. The molecule has 2 fully saturated rings. The average Bonchev–Trinajstić information content (AvgIpc) is 2.58. The molecule has 7 nitrogen and oxygen atoms in total. The second-order valence-corrected chi connectivity index (χ2v) is 7.06. The van der Waals surface area contributed by atoms with Gasteiger partial charge in [0, 0.05) is 11.8 Å². The molecule has 0 bridgehead atoms. The second kappa shape index (κ2) is 8.40. The number of aliphatic hydroxyl groups is 4. The van der Waals surface area contributed by atoms with Crippen LogP contribution in [-0.4, -0.2) is 76.1 Å². The van der Waals surface area contributed by atoms with Crippen molar-refractivity contribution in [1.29, 1.82) is 0 Å². The van der Waals surface area contributed by atoms with E-state index < -0.39 is 42.7 Å². The van der Waals surface area contributed by atoms with Crippen LogP contribution in [-0.2, 0) is 14.2 Å². The number of aliphatic hydroxyl groups excluding tert-OH is 4. The lowest BCUT2D eigenvalue weighted by Gasteiger charge is -2.44. The first kappa shape index (κ1) is 20.0. The van der Waals surface area contributed by atoms with Gasteiger partial charge >= 0.3 is 0 Å². The van der Waals surface area contributed by atoms with Crippen LogP contribution in [0.4, 0.5) is 0 Å². The van der Waals surface area contributed by atoms with Crippen LogP contribution in [0.5, 0.6) is 0 Å². The van der Waals surface area contributed by atoms with E-state index >= 15 is 0 Å². The lowest BCUT2D eigenvalue weighted by molar-refractivity contribution is -0.296. The van der Waals surface area contributed by atoms with E-state index in [2.05, 4.69) is 0 Å². The molecule has 142 valence electrons. The standard InChI is InChI=1S/C17H32O7/c1-5-11-8(3)13(18)16(21)17(24-11)22-7-10-12(6-2)23-9(4)14(19)15(10)20/h8-21H,5-7H2,1-4H3/t8-,9?,10-,11?,12?,13+,14?,15+,16?,17-/m1/s1. The molecule has 2 aliphatic heterocycles. The van der Waals surface area contributed by atoms with Crippen LogP contribution < -0.4 is 0 Å². The molecule has 5 unspecified atom stereocenters. The molecule has 2 saturated heterocycles. The van der Waals surface area contributed by atoms with Gasteiger partial charge in [0.15, 0.2) is 6.29 Å². The van der Waals surface area contributed by atoms with Crippen molar-refractivity contribution < 1.29 is 34.6 Å². The van der Waals surface area contributed by atoms with Gasteiger partial charge in [0.2, 0.25) is 0 Å². The number of ether oxygens (including phenoxy) is 3. The highest BCUT2D eigenvalue weighted by molar-refractivity contribution is 4.91. The van der Waals surface area contributed by atoms with Crippen LogP contribution in [0.1, 0.15) is 40.5 Å². The molecule has 2 aliphatic rings. The molecule has 7 heteroatoms. The Morgan fingerprint density at radius 3 is 2.00 bits per heavy atom. The summed E-state index contributed by atoms with van der Waals surface area (Å²) in [6, 6.07) is 0. The van der Waals surface area contributed by atoms with Crippen LogP contribution in [0.25, 0.3) is 0 Å². The zero-order valence-electron chi connectivity index (χ0n) is 14.9. The van der Waals surface area contributed by atoms with Crippen LogP contribution in [0, 0.1) is 11.8 Å². The summed E-state index contributed by atoms with van der Waals surface area (Å²) >= 11 is 0. The van der Waals surface area contributed by atoms with Crippen molar-refractivity contribution >= 4 is 0 Å². The first-order valence-electron chi connectivity index (χ1n) is 8.96. The second-order valence-electron chi connectivity index (χ2n) is 7.06. The molecule has 24 heavy (non-hydrogen) atoms.